The Kier molecular flexibility index (Phi) is 12.4. The maximum atomic E-state index is 13.5. The number of allylic oxidation sites excluding steroid dienone is 1. The van der Waals surface area contributed by atoms with Crippen LogP contribution in [0.25, 0.3) is 0 Å². The summed E-state index contributed by atoms with van der Waals surface area (Å²) >= 11 is 0. The highest BCUT2D eigenvalue weighted by molar-refractivity contribution is 5.87. The first-order valence-electron chi connectivity index (χ1n) is 10.8. The molecule has 2 nitrogen and oxygen atoms in total. The minimum absolute atomic E-state index is 0.113. The number of alkyl halides is 11. The van der Waals surface area contributed by atoms with E-state index >= 15 is 0 Å². The van der Waals surface area contributed by atoms with Gasteiger partial charge in [-0.25, -0.2) is 4.79 Å². The molecular weight excluding hydrogens is 493 g/mol. The zero-order valence-corrected chi connectivity index (χ0v) is 18.8. The van der Waals surface area contributed by atoms with Crippen LogP contribution >= 0.6 is 0 Å². The number of ether oxygens (including phenoxy) is 1. The molecule has 0 aliphatic carbocycles. The molecule has 202 valence electrons. The molecule has 0 aromatic heterocycles. The van der Waals surface area contributed by atoms with Gasteiger partial charge in [-0.05, 0) is 19.8 Å². The van der Waals surface area contributed by atoms with Crippen molar-refractivity contribution in [2.45, 2.75) is 115 Å². The lowest BCUT2D eigenvalue weighted by Gasteiger charge is -2.36. The molecule has 0 spiro atoms. The monoisotopic (exact) mass is 522 g/mol. The molecule has 0 fully saturated rings. The van der Waals surface area contributed by atoms with E-state index in [1.807, 2.05) is 0 Å². The maximum absolute atomic E-state index is 13.5. The average molecular weight is 522 g/mol. The molecule has 0 amide bonds. The summed E-state index contributed by atoms with van der Waals surface area (Å²) in [7, 11) is 0. The molecule has 0 bridgehead atoms. The third-order valence-corrected chi connectivity index (χ3v) is 5.06. The Morgan fingerprint density at radius 1 is 0.647 bits per heavy atom. The van der Waals surface area contributed by atoms with Gasteiger partial charge in [0.2, 0.25) is 0 Å². The maximum Gasteiger partial charge on any atom is 0.473 e. The van der Waals surface area contributed by atoms with Crippen LogP contribution in [0.15, 0.2) is 11.6 Å². The summed E-state index contributed by atoms with van der Waals surface area (Å²) in [6.45, 7) is 2.92. The van der Waals surface area contributed by atoms with Crippen molar-refractivity contribution < 1.29 is 57.8 Å². The van der Waals surface area contributed by atoms with E-state index in [2.05, 4.69) is 11.7 Å². The quantitative estimate of drug-likeness (QED) is 0.0876. The van der Waals surface area contributed by atoms with E-state index in [9.17, 15) is 53.1 Å². The second-order valence-corrected chi connectivity index (χ2v) is 7.99. The van der Waals surface area contributed by atoms with Gasteiger partial charge in [0, 0.05) is 5.57 Å². The minimum atomic E-state index is -7.62. The molecule has 0 aromatic rings. The van der Waals surface area contributed by atoms with E-state index in [0.29, 0.717) is 12.8 Å². The van der Waals surface area contributed by atoms with Crippen molar-refractivity contribution in [1.82, 2.24) is 0 Å². The Hall–Kier alpha value is -1.56. The molecule has 0 rings (SSSR count). The number of carbonyl (C=O) groups is 1. The van der Waals surface area contributed by atoms with Crippen molar-refractivity contribution in [3.05, 3.63) is 11.6 Å². The predicted octanol–water partition coefficient (Wildman–Crippen LogP) is 8.85. The number of hydrogen-bond donors (Lipinski definition) is 0. The highest BCUT2D eigenvalue weighted by Crippen LogP contribution is 2.57. The van der Waals surface area contributed by atoms with E-state index in [4.69, 9.17) is 0 Å². The van der Waals surface area contributed by atoms with Gasteiger partial charge in [-0.2, -0.15) is 48.3 Å². The Morgan fingerprint density at radius 3 is 1.47 bits per heavy atom. The molecule has 0 unspecified atom stereocenters. The fourth-order valence-corrected chi connectivity index (χ4v) is 2.85. The lowest BCUT2D eigenvalue weighted by atomic mass is 10.0. The first-order valence-corrected chi connectivity index (χ1v) is 10.8. The van der Waals surface area contributed by atoms with Gasteiger partial charge in [-0.15, -0.1) is 0 Å². The van der Waals surface area contributed by atoms with Crippen molar-refractivity contribution in [1.29, 1.82) is 0 Å². The third-order valence-electron chi connectivity index (χ3n) is 5.06. The second kappa shape index (κ2) is 12.9. The van der Waals surface area contributed by atoms with Crippen LogP contribution in [0.1, 0.15) is 84.5 Å². The standard InChI is InChI=1S/C21H29F11O2/c1-3-4-5-6-7-8-9-10-11-12-13-14-15(2)16(33)34-21(31,32)19(26,27)17(22,23)18(24,25)20(28,29)30/h14H,3-13H2,1-2H3. The predicted molar refractivity (Wildman–Crippen MR) is 102 cm³/mol. The summed E-state index contributed by atoms with van der Waals surface area (Å²) in [5.41, 5.74) is -0.725. The zero-order chi connectivity index (χ0) is 26.8. The molecule has 0 saturated heterocycles. The van der Waals surface area contributed by atoms with Crippen molar-refractivity contribution in [2.75, 3.05) is 0 Å². The lowest BCUT2D eigenvalue weighted by Crippen LogP contribution is -2.67. The fourth-order valence-electron chi connectivity index (χ4n) is 2.85. The van der Waals surface area contributed by atoms with E-state index in [-0.39, 0.29) is 6.42 Å². The molecule has 13 heteroatoms. The van der Waals surface area contributed by atoms with E-state index in [0.717, 1.165) is 51.5 Å². The molecule has 0 N–H and O–H groups in total. The smallest absolute Gasteiger partial charge is 0.393 e. The Labute approximate surface area is 190 Å². The van der Waals surface area contributed by atoms with Crippen molar-refractivity contribution in [3.8, 4) is 0 Å². The molecule has 0 heterocycles. The molecule has 0 aliphatic heterocycles. The average Bonchev–Trinajstić information content (AvgIpc) is 2.70. The molecule has 0 saturated carbocycles. The van der Waals surface area contributed by atoms with Crippen LogP contribution in [0.4, 0.5) is 48.3 Å². The summed E-state index contributed by atoms with van der Waals surface area (Å²) in [5, 5.41) is 0. The second-order valence-electron chi connectivity index (χ2n) is 7.99. The Morgan fingerprint density at radius 2 is 1.06 bits per heavy atom. The normalized spacial score (nSPS) is 14.4. The van der Waals surface area contributed by atoms with Crippen molar-refractivity contribution in [3.63, 3.8) is 0 Å². The SMILES string of the molecule is CCCCCCCCCCCCC=C(C)C(=O)OC(F)(F)C(F)(F)C(F)(F)C(F)(F)C(F)(F)F. The number of halogens is 11. The molecular formula is C21H29F11O2. The van der Waals surface area contributed by atoms with Crippen LogP contribution in [0.5, 0.6) is 0 Å². The van der Waals surface area contributed by atoms with E-state index in [1.54, 1.807) is 0 Å². The minimum Gasteiger partial charge on any atom is -0.393 e. The van der Waals surface area contributed by atoms with Crippen molar-refractivity contribution in [2.24, 2.45) is 0 Å². The summed E-state index contributed by atoms with van der Waals surface area (Å²) in [6.07, 6.45) is -3.10. The summed E-state index contributed by atoms with van der Waals surface area (Å²) in [5.74, 6) is -24.8. The van der Waals surface area contributed by atoms with Crippen molar-refractivity contribution >= 4 is 5.97 Å². The van der Waals surface area contributed by atoms with Crippen LogP contribution in [-0.2, 0) is 9.53 Å². The van der Waals surface area contributed by atoms with Gasteiger partial charge in [-0.1, -0.05) is 70.8 Å². The molecule has 34 heavy (non-hydrogen) atoms. The lowest BCUT2D eigenvalue weighted by molar-refractivity contribution is -0.449. The van der Waals surface area contributed by atoms with Crippen LogP contribution in [0.3, 0.4) is 0 Å². The first kappa shape index (κ1) is 32.4. The zero-order valence-electron chi connectivity index (χ0n) is 18.8. The van der Waals surface area contributed by atoms with Gasteiger partial charge in [0.1, 0.15) is 0 Å². The summed E-state index contributed by atoms with van der Waals surface area (Å²) < 4.78 is 145. The summed E-state index contributed by atoms with van der Waals surface area (Å²) in [6, 6.07) is 0. The largest absolute Gasteiger partial charge is 0.473 e. The Bertz CT molecular complexity index is 656. The molecule has 0 atom stereocenters. The van der Waals surface area contributed by atoms with E-state index in [1.165, 1.54) is 12.8 Å². The highest BCUT2D eigenvalue weighted by atomic mass is 19.4. The first-order chi connectivity index (χ1) is 15.4. The molecule has 0 aliphatic rings. The van der Waals surface area contributed by atoms with Gasteiger partial charge >= 0.3 is 36.0 Å². The van der Waals surface area contributed by atoms with Gasteiger partial charge in [0.15, 0.2) is 0 Å². The van der Waals surface area contributed by atoms with E-state index < -0.39 is 41.6 Å². The number of rotatable bonds is 16. The third kappa shape index (κ3) is 8.28. The number of unbranched alkanes of at least 4 members (excludes halogenated alkanes) is 10. The topological polar surface area (TPSA) is 26.3 Å². The molecule has 0 radical (unpaired) electrons. The number of carbonyl (C=O) groups excluding carboxylic acids is 1. The van der Waals surface area contributed by atoms with Crippen LogP contribution in [0.2, 0.25) is 0 Å². The summed E-state index contributed by atoms with van der Waals surface area (Å²) in [4.78, 5) is 11.5. The van der Waals surface area contributed by atoms with Gasteiger partial charge in [0.05, 0.1) is 0 Å². The van der Waals surface area contributed by atoms with Crippen LogP contribution in [-0.4, -0.2) is 36.0 Å². The fraction of sp³-hybridized carbons (Fsp3) is 0.857. The molecule has 0 aromatic carbocycles. The highest BCUT2D eigenvalue weighted by Gasteiger charge is 2.88. The van der Waals surface area contributed by atoms with Crippen LogP contribution < -0.4 is 0 Å². The Balaban J connectivity index is 4.79. The van der Waals surface area contributed by atoms with Gasteiger partial charge in [-0.3, -0.25) is 0 Å². The van der Waals surface area contributed by atoms with Gasteiger partial charge < -0.3 is 4.74 Å². The van der Waals surface area contributed by atoms with Gasteiger partial charge in [0.25, 0.3) is 0 Å². The number of hydrogen-bond acceptors (Lipinski definition) is 2. The van der Waals surface area contributed by atoms with Crippen LogP contribution in [0, 0.1) is 0 Å². The number of esters is 1.